The van der Waals surface area contributed by atoms with Gasteiger partial charge >= 0.3 is 0 Å². The average Bonchev–Trinajstić information content (AvgIpc) is 1.61. The Balaban J connectivity index is 1.05. The normalized spacial score (nSPS) is 19.0. The van der Waals surface area contributed by atoms with Crippen molar-refractivity contribution in [2.75, 3.05) is 211 Å². The van der Waals surface area contributed by atoms with Gasteiger partial charge in [0, 0.05) is 96.2 Å². The van der Waals surface area contributed by atoms with Crippen LogP contribution in [0.2, 0.25) is 0 Å². The van der Waals surface area contributed by atoms with Crippen molar-refractivity contribution in [1.82, 2.24) is 61.1 Å². The highest BCUT2D eigenvalue weighted by molar-refractivity contribution is 6.08. The Hall–Kier alpha value is -7.84. The van der Waals surface area contributed by atoms with E-state index in [1.165, 1.54) is 0 Å². The van der Waals surface area contributed by atoms with Gasteiger partial charge in [0.2, 0.25) is 0 Å². The lowest BCUT2D eigenvalue weighted by Crippen LogP contribution is -2.25. The maximum absolute atomic E-state index is 6.50. The van der Waals surface area contributed by atoms with Crippen molar-refractivity contribution in [2.24, 2.45) is 0 Å². The second-order valence-corrected chi connectivity index (χ2v) is 21.7. The van der Waals surface area contributed by atoms with E-state index in [1.807, 2.05) is 48.5 Å². The number of hydrogen-bond donors (Lipinski definition) is 6. The largest absolute Gasteiger partial charge is 0.487 e. The van der Waals surface area contributed by atoms with Crippen molar-refractivity contribution >= 4 is 44.1 Å². The van der Waals surface area contributed by atoms with Crippen LogP contribution in [0.25, 0.3) is 89.7 Å². The zero-order chi connectivity index (χ0) is 61.9. The maximum atomic E-state index is 6.50. The summed E-state index contributed by atoms with van der Waals surface area (Å²) < 4.78 is 99.6. The highest BCUT2D eigenvalue weighted by Crippen LogP contribution is 2.46. The van der Waals surface area contributed by atoms with Gasteiger partial charge in [-0.15, -0.1) is 0 Å². The number of rotatable bonds is 0. The molecule has 7 aromatic rings. The molecule has 28 heteroatoms. The fourth-order valence-electron chi connectivity index (χ4n) is 10.9. The van der Waals surface area contributed by atoms with Crippen LogP contribution in [0.1, 0.15) is 0 Å². The van der Waals surface area contributed by atoms with Gasteiger partial charge in [-0.05, 0) is 48.5 Å². The Kier molecular flexibility index (Phi) is 22.0. The molecule has 0 radical (unpaired) electrons. The molecule has 28 nitrogen and oxygen atoms in total. The monoisotopic (exact) mass is 1270 g/mol. The lowest BCUT2D eigenvalue weighted by Gasteiger charge is -2.15. The van der Waals surface area contributed by atoms with Crippen LogP contribution in [0.3, 0.4) is 0 Å². The second-order valence-electron chi connectivity index (χ2n) is 21.7. The lowest BCUT2D eigenvalue weighted by atomic mass is 10.1. The van der Waals surface area contributed by atoms with E-state index in [1.54, 1.807) is 0 Å². The van der Waals surface area contributed by atoms with Crippen molar-refractivity contribution < 1.29 is 75.8 Å². The minimum atomic E-state index is 0.242. The molecule has 6 aliphatic heterocycles. The Morgan fingerprint density at radius 1 is 0.207 bits per heavy atom. The highest BCUT2D eigenvalue weighted by Gasteiger charge is 2.28. The molecule has 4 aromatic carbocycles. The third-order valence-electron chi connectivity index (χ3n) is 15.4. The summed E-state index contributed by atoms with van der Waals surface area (Å²) in [5.41, 5.74) is 4.02. The number of ether oxygens (including phenoxy) is 16. The van der Waals surface area contributed by atoms with Gasteiger partial charge in [0.25, 0.3) is 0 Å². The molecular weight excluding hydrogens is 1190 g/mol. The first-order valence-electron chi connectivity index (χ1n) is 31.7. The molecule has 490 valence electrons. The number of benzene rings is 4. The van der Waals surface area contributed by atoms with Gasteiger partial charge in [0.05, 0.1) is 106 Å². The van der Waals surface area contributed by atoms with Crippen LogP contribution in [0.15, 0.2) is 48.5 Å². The van der Waals surface area contributed by atoms with Crippen molar-refractivity contribution in [2.45, 2.75) is 0 Å². The van der Waals surface area contributed by atoms with E-state index in [2.05, 4.69) is 31.2 Å². The Morgan fingerprint density at radius 3 is 0.587 bits per heavy atom. The number of aromatic nitrogens is 8. The molecule has 92 heavy (non-hydrogen) atoms. The molecule has 8 bridgehead atoms. The zero-order valence-electron chi connectivity index (χ0n) is 51.5. The predicted molar refractivity (Wildman–Crippen MR) is 338 cm³/mol. The number of hydrogen-bond acceptors (Lipinski definition) is 26. The Morgan fingerprint density at radius 2 is 0.391 bits per heavy atom. The summed E-state index contributed by atoms with van der Waals surface area (Å²) in [6.07, 6.45) is 0. The van der Waals surface area contributed by atoms with E-state index in [9.17, 15) is 0 Å². The number of aromatic amines is 2. The van der Waals surface area contributed by atoms with Gasteiger partial charge in [0.15, 0.2) is 69.3 Å². The first-order valence-corrected chi connectivity index (χ1v) is 31.7. The Labute approximate surface area is 530 Å². The molecule has 0 atom stereocenters. The number of nitrogens with zero attached hydrogens (tertiary/aromatic N) is 6. The van der Waals surface area contributed by atoms with Gasteiger partial charge in [-0.25, -0.2) is 29.9 Å². The van der Waals surface area contributed by atoms with Gasteiger partial charge < -0.3 is 107 Å². The van der Waals surface area contributed by atoms with Crippen LogP contribution < -0.4 is 59.2 Å². The molecule has 0 saturated carbocycles. The Bertz CT molecular complexity index is 3330. The molecule has 6 aliphatic rings. The van der Waals surface area contributed by atoms with Crippen molar-refractivity contribution in [3.8, 4) is 91.5 Å². The fraction of sp³-hybridized carbons (Fsp3) is 0.500. The van der Waals surface area contributed by atoms with E-state index in [0.717, 1.165) is 0 Å². The summed E-state index contributed by atoms with van der Waals surface area (Å²) in [5.74, 6) is 4.89. The fourth-order valence-corrected chi connectivity index (χ4v) is 10.9. The van der Waals surface area contributed by atoms with Crippen LogP contribution in [-0.2, 0) is 37.9 Å². The SMILES string of the molecule is c1c2c(cc3c1-c1nc-3nc3[nH]c(nc4nc(nc5[nH]c(n1)c1cc6c(cc51)OCCOCCNCCOCCO6)-c1cc5c(cc1-4)OCCOCCNCCOCCO5)c1cc4c(cc31)OCCOCCNCCOCCO4)OCCOCCNCCOCCO2. The van der Waals surface area contributed by atoms with Crippen LogP contribution in [0, 0.1) is 0 Å². The molecule has 0 saturated heterocycles. The van der Waals surface area contributed by atoms with Gasteiger partial charge in [-0.3, -0.25) is 0 Å². The summed E-state index contributed by atoms with van der Waals surface area (Å²) in [7, 11) is 0. The minimum absolute atomic E-state index is 0.242. The molecule has 3 aromatic heterocycles. The van der Waals surface area contributed by atoms with Gasteiger partial charge in [0.1, 0.15) is 75.4 Å². The molecule has 0 fully saturated rings. The molecule has 0 spiro atoms. The second kappa shape index (κ2) is 32.1. The molecule has 9 heterocycles. The first kappa shape index (κ1) is 62.9. The highest BCUT2D eigenvalue weighted by atomic mass is 16.6. The summed E-state index contributed by atoms with van der Waals surface area (Å²) in [6.45, 7) is 14.1. The quantitative estimate of drug-likeness (QED) is 0.122. The minimum Gasteiger partial charge on any atom is -0.487 e. The number of H-pyrrole nitrogens is 2. The lowest BCUT2D eigenvalue weighted by molar-refractivity contribution is 0.0974. The van der Waals surface area contributed by atoms with E-state index < -0.39 is 0 Å². The standard InChI is InChI=1S/C64H78N12O16/c1-9-77-17-25-85-49-33-41-42(34-50(49)86-26-18-78-10-2-65-1)58-69-57(41)73-59-43-35-51-52(88-28-20-80-12-4-66-3-11-79-19-27-87-51)36-44(43)61(70-59)75-63-47-39-55-56(92-32-24-84-16-8-68-7-15-83-23-31-91-55)40-48(47)64(72-63)76-62-46-38-54-53(37-45(46)60(71-62)74-58)89-29-21-81-13-5-67-6-14-82-22-30-90-54/h33-40,65-68H,1-32H2,(H2,69,70,71,72,73,74,75,76). The summed E-state index contributed by atoms with van der Waals surface area (Å²) >= 11 is 0. The third kappa shape index (κ3) is 16.0. The molecule has 13 rings (SSSR count). The van der Waals surface area contributed by atoms with Gasteiger partial charge in [-0.1, -0.05) is 0 Å². The molecule has 0 amide bonds. The van der Waals surface area contributed by atoms with Crippen molar-refractivity contribution in [1.29, 1.82) is 0 Å². The van der Waals surface area contributed by atoms with Crippen molar-refractivity contribution in [3.05, 3.63) is 48.5 Å². The number of nitrogens with one attached hydrogen (secondary N) is 6. The van der Waals surface area contributed by atoms with E-state index in [0.29, 0.717) is 294 Å². The van der Waals surface area contributed by atoms with E-state index >= 15 is 0 Å². The summed E-state index contributed by atoms with van der Waals surface area (Å²) in [5, 5.41) is 15.9. The molecular formula is C64H78N12O16. The third-order valence-corrected chi connectivity index (χ3v) is 15.4. The van der Waals surface area contributed by atoms with Gasteiger partial charge in [-0.2, -0.15) is 0 Å². The summed E-state index contributed by atoms with van der Waals surface area (Å²) in [6, 6.07) is 15.1. The molecule has 6 N–H and O–H groups in total. The van der Waals surface area contributed by atoms with Crippen LogP contribution in [-0.4, -0.2) is 251 Å². The van der Waals surface area contributed by atoms with Crippen LogP contribution in [0.5, 0.6) is 46.0 Å². The number of fused-ring (bicyclic) bond motifs is 24. The molecule has 0 unspecified atom stereocenters. The smallest absolute Gasteiger partial charge is 0.164 e. The van der Waals surface area contributed by atoms with Crippen molar-refractivity contribution in [3.63, 3.8) is 0 Å². The predicted octanol–water partition coefficient (Wildman–Crippen LogP) is 4.45. The average molecular weight is 1270 g/mol. The molecule has 0 aliphatic carbocycles. The summed E-state index contributed by atoms with van der Waals surface area (Å²) in [4.78, 5) is 39.4. The maximum Gasteiger partial charge on any atom is 0.164 e. The van der Waals surface area contributed by atoms with Crippen LogP contribution in [0.4, 0.5) is 0 Å². The van der Waals surface area contributed by atoms with E-state index in [4.69, 9.17) is 106 Å². The van der Waals surface area contributed by atoms with E-state index in [-0.39, 0.29) is 52.9 Å². The van der Waals surface area contributed by atoms with Crippen LogP contribution >= 0.6 is 0 Å². The zero-order valence-corrected chi connectivity index (χ0v) is 51.5. The first-order chi connectivity index (χ1) is 45.7. The topological polar surface area (TPSA) is 305 Å².